The SMILES string of the molecule is COC(F)(F)C(=O)Nc1nc(C(C)C)cs1. The highest BCUT2D eigenvalue weighted by molar-refractivity contribution is 7.13. The Labute approximate surface area is 95.6 Å². The molecule has 7 heteroatoms. The first-order valence-corrected chi connectivity index (χ1v) is 5.44. The molecular formula is C9H12F2N2O2S. The first kappa shape index (κ1) is 13.0. The van der Waals surface area contributed by atoms with E-state index in [1.807, 2.05) is 19.2 Å². The maximum atomic E-state index is 12.7. The van der Waals surface area contributed by atoms with Crippen molar-refractivity contribution >= 4 is 22.4 Å². The minimum absolute atomic E-state index is 0.144. The number of nitrogens with one attached hydrogen (secondary N) is 1. The Balaban J connectivity index is 2.70. The third-order valence-corrected chi connectivity index (χ3v) is 2.63. The molecule has 90 valence electrons. The molecule has 0 atom stereocenters. The van der Waals surface area contributed by atoms with Crippen molar-refractivity contribution in [2.45, 2.75) is 25.9 Å². The molecule has 0 unspecified atom stereocenters. The number of hydrogen-bond donors (Lipinski definition) is 1. The smallest absolute Gasteiger partial charge is 0.316 e. The van der Waals surface area contributed by atoms with Gasteiger partial charge in [0.1, 0.15) is 0 Å². The molecule has 0 aromatic carbocycles. The third-order valence-electron chi connectivity index (χ3n) is 1.85. The molecule has 4 nitrogen and oxygen atoms in total. The number of rotatable bonds is 4. The van der Waals surface area contributed by atoms with Gasteiger partial charge >= 0.3 is 12.0 Å². The van der Waals surface area contributed by atoms with Crippen LogP contribution < -0.4 is 5.32 Å². The summed E-state index contributed by atoms with van der Waals surface area (Å²) < 4.78 is 29.2. The molecule has 1 N–H and O–H groups in total. The number of amides is 1. The lowest BCUT2D eigenvalue weighted by atomic mass is 10.2. The number of methoxy groups -OCH3 is 1. The van der Waals surface area contributed by atoms with Crippen LogP contribution in [0.25, 0.3) is 0 Å². The number of thiazole rings is 1. The largest absolute Gasteiger partial charge is 0.436 e. The Hall–Kier alpha value is -1.08. The number of carbonyl (C=O) groups excluding carboxylic acids is 1. The highest BCUT2D eigenvalue weighted by Gasteiger charge is 2.39. The quantitative estimate of drug-likeness (QED) is 0.893. The fourth-order valence-electron chi connectivity index (χ4n) is 0.871. The van der Waals surface area contributed by atoms with Crippen LogP contribution in [0.1, 0.15) is 25.5 Å². The zero-order valence-electron chi connectivity index (χ0n) is 9.08. The van der Waals surface area contributed by atoms with Gasteiger partial charge in [0, 0.05) is 12.5 Å². The summed E-state index contributed by atoms with van der Waals surface area (Å²) in [5, 5.41) is 3.86. The summed E-state index contributed by atoms with van der Waals surface area (Å²) in [7, 11) is 0.765. The van der Waals surface area contributed by atoms with Crippen LogP contribution in [-0.4, -0.2) is 24.1 Å². The van der Waals surface area contributed by atoms with Crippen LogP contribution in [-0.2, 0) is 9.53 Å². The van der Waals surface area contributed by atoms with Gasteiger partial charge in [-0.2, -0.15) is 8.78 Å². The molecule has 1 rings (SSSR count). The summed E-state index contributed by atoms with van der Waals surface area (Å²) in [6, 6.07) is 0. The van der Waals surface area contributed by atoms with Gasteiger partial charge in [0.2, 0.25) is 0 Å². The molecular weight excluding hydrogens is 238 g/mol. The molecule has 0 saturated heterocycles. The van der Waals surface area contributed by atoms with Gasteiger partial charge in [0.15, 0.2) is 5.13 Å². The number of hydrogen-bond acceptors (Lipinski definition) is 4. The summed E-state index contributed by atoms with van der Waals surface area (Å²) in [4.78, 5) is 15.0. The van der Waals surface area contributed by atoms with Gasteiger partial charge in [-0.05, 0) is 5.92 Å². The molecule has 0 spiro atoms. The maximum Gasteiger partial charge on any atom is 0.436 e. The molecule has 0 saturated carbocycles. The van der Waals surface area contributed by atoms with Crippen LogP contribution in [0.4, 0.5) is 13.9 Å². The van der Waals surface area contributed by atoms with Crippen LogP contribution in [0.3, 0.4) is 0 Å². The van der Waals surface area contributed by atoms with E-state index < -0.39 is 12.0 Å². The van der Waals surface area contributed by atoms with Gasteiger partial charge in [0.25, 0.3) is 0 Å². The Morgan fingerprint density at radius 2 is 2.25 bits per heavy atom. The standard InChI is InChI=1S/C9H12F2N2O2S/c1-5(2)6-4-16-8(12-6)13-7(14)9(10,11)15-3/h4-5H,1-3H3,(H,12,13,14). The van der Waals surface area contributed by atoms with Gasteiger partial charge in [-0.1, -0.05) is 13.8 Å². The van der Waals surface area contributed by atoms with Gasteiger partial charge in [-0.15, -0.1) is 11.3 Å². The zero-order valence-corrected chi connectivity index (χ0v) is 9.90. The van der Waals surface area contributed by atoms with Crippen molar-refractivity contribution in [1.29, 1.82) is 0 Å². The molecule has 0 aliphatic heterocycles. The number of alkyl halides is 2. The van der Waals surface area contributed by atoms with Crippen molar-refractivity contribution in [3.8, 4) is 0 Å². The minimum atomic E-state index is -3.83. The van der Waals surface area contributed by atoms with E-state index in [0.717, 1.165) is 24.1 Å². The maximum absolute atomic E-state index is 12.7. The predicted octanol–water partition coefficient (Wildman–Crippen LogP) is 2.44. The summed E-state index contributed by atoms with van der Waals surface area (Å²) in [6.45, 7) is 3.84. The lowest BCUT2D eigenvalue weighted by molar-refractivity contribution is -0.214. The van der Waals surface area contributed by atoms with Crippen LogP contribution in [0.5, 0.6) is 0 Å². The Morgan fingerprint density at radius 1 is 1.62 bits per heavy atom. The normalized spacial score (nSPS) is 11.9. The Morgan fingerprint density at radius 3 is 2.69 bits per heavy atom. The third kappa shape index (κ3) is 2.96. The van der Waals surface area contributed by atoms with Crippen LogP contribution in [0.2, 0.25) is 0 Å². The van der Waals surface area contributed by atoms with Crippen molar-refractivity contribution in [2.75, 3.05) is 12.4 Å². The number of aromatic nitrogens is 1. The van der Waals surface area contributed by atoms with Gasteiger partial charge in [-0.25, -0.2) is 4.98 Å². The average Bonchev–Trinajstić information content (AvgIpc) is 2.66. The van der Waals surface area contributed by atoms with E-state index >= 15 is 0 Å². The Bertz CT molecular complexity index is 379. The topological polar surface area (TPSA) is 51.2 Å². The van der Waals surface area contributed by atoms with Gasteiger partial charge in [-0.3, -0.25) is 10.1 Å². The fraction of sp³-hybridized carbons (Fsp3) is 0.556. The van der Waals surface area contributed by atoms with Gasteiger partial charge < -0.3 is 4.74 Å². The van der Waals surface area contributed by atoms with Crippen molar-refractivity contribution in [3.63, 3.8) is 0 Å². The molecule has 1 heterocycles. The molecule has 1 aromatic rings. The summed E-state index contributed by atoms with van der Waals surface area (Å²) >= 11 is 1.10. The second-order valence-corrected chi connectivity index (χ2v) is 4.27. The van der Waals surface area contributed by atoms with E-state index in [9.17, 15) is 13.6 Å². The zero-order chi connectivity index (χ0) is 12.3. The molecule has 1 aromatic heterocycles. The number of nitrogens with zero attached hydrogens (tertiary/aromatic N) is 1. The number of anilines is 1. The lowest BCUT2D eigenvalue weighted by Gasteiger charge is -2.11. The first-order valence-electron chi connectivity index (χ1n) is 4.56. The predicted molar refractivity (Wildman–Crippen MR) is 56.8 cm³/mol. The summed E-state index contributed by atoms with van der Waals surface area (Å²) in [5.74, 6) is -1.33. The van der Waals surface area contributed by atoms with Crippen LogP contribution in [0.15, 0.2) is 5.38 Å². The number of halogens is 2. The summed E-state index contributed by atoms with van der Waals surface area (Å²) in [6.07, 6.45) is -3.83. The lowest BCUT2D eigenvalue weighted by Crippen LogP contribution is -2.36. The first-order chi connectivity index (χ1) is 7.36. The number of carbonyl (C=O) groups is 1. The molecule has 0 fully saturated rings. The Kier molecular flexibility index (Phi) is 3.93. The molecule has 0 aliphatic carbocycles. The monoisotopic (exact) mass is 250 g/mol. The van der Waals surface area contributed by atoms with Crippen molar-refractivity contribution in [1.82, 2.24) is 4.98 Å². The van der Waals surface area contributed by atoms with Gasteiger partial charge in [0.05, 0.1) is 5.69 Å². The molecule has 0 radical (unpaired) electrons. The van der Waals surface area contributed by atoms with Crippen LogP contribution >= 0.6 is 11.3 Å². The molecule has 1 amide bonds. The van der Waals surface area contributed by atoms with E-state index in [-0.39, 0.29) is 11.0 Å². The van der Waals surface area contributed by atoms with E-state index in [1.165, 1.54) is 0 Å². The molecule has 16 heavy (non-hydrogen) atoms. The second-order valence-electron chi connectivity index (χ2n) is 3.41. The fourth-order valence-corrected chi connectivity index (χ4v) is 1.74. The van der Waals surface area contributed by atoms with Crippen molar-refractivity contribution in [3.05, 3.63) is 11.1 Å². The van der Waals surface area contributed by atoms with E-state index in [4.69, 9.17) is 0 Å². The molecule has 0 aliphatic rings. The highest BCUT2D eigenvalue weighted by Crippen LogP contribution is 2.23. The summed E-state index contributed by atoms with van der Waals surface area (Å²) in [5.41, 5.74) is 0.751. The molecule has 0 bridgehead atoms. The minimum Gasteiger partial charge on any atom is -0.316 e. The van der Waals surface area contributed by atoms with Crippen molar-refractivity contribution < 1.29 is 18.3 Å². The second kappa shape index (κ2) is 4.84. The van der Waals surface area contributed by atoms with E-state index in [2.05, 4.69) is 9.72 Å². The van der Waals surface area contributed by atoms with Crippen molar-refractivity contribution in [2.24, 2.45) is 0 Å². The van der Waals surface area contributed by atoms with E-state index in [0.29, 0.717) is 0 Å². The van der Waals surface area contributed by atoms with Crippen LogP contribution in [0, 0.1) is 0 Å². The number of ether oxygens (including phenoxy) is 1. The average molecular weight is 250 g/mol. The van der Waals surface area contributed by atoms with E-state index in [1.54, 1.807) is 5.38 Å². The highest BCUT2D eigenvalue weighted by atomic mass is 32.1.